The van der Waals surface area contributed by atoms with Crippen molar-refractivity contribution in [3.05, 3.63) is 28.2 Å². The molecule has 1 aromatic carbocycles. The summed E-state index contributed by atoms with van der Waals surface area (Å²) in [5.74, 6) is -0.182. The van der Waals surface area contributed by atoms with Crippen molar-refractivity contribution in [1.29, 1.82) is 5.26 Å². The van der Waals surface area contributed by atoms with Crippen molar-refractivity contribution in [1.82, 2.24) is 0 Å². The van der Waals surface area contributed by atoms with E-state index in [9.17, 15) is 4.79 Å². The maximum absolute atomic E-state index is 11.8. The molecule has 0 spiro atoms. The van der Waals surface area contributed by atoms with Crippen LogP contribution < -0.4 is 4.90 Å². The summed E-state index contributed by atoms with van der Waals surface area (Å²) < 4.78 is 5.99. The highest BCUT2D eigenvalue weighted by Gasteiger charge is 2.30. The zero-order chi connectivity index (χ0) is 12.4. The van der Waals surface area contributed by atoms with Gasteiger partial charge in [0.25, 0.3) is 5.91 Å². The van der Waals surface area contributed by atoms with Gasteiger partial charge in [0.05, 0.1) is 12.7 Å². The number of carbonyl (C=O) groups is 1. The Kier molecular flexibility index (Phi) is 3.46. The average molecular weight is 295 g/mol. The van der Waals surface area contributed by atoms with E-state index in [1.165, 1.54) is 4.90 Å². The molecule has 0 radical (unpaired) electrons. The summed E-state index contributed by atoms with van der Waals surface area (Å²) in [6.45, 7) is 2.26. The molecule has 1 amide bonds. The molecular weight excluding hydrogens is 284 g/mol. The van der Waals surface area contributed by atoms with Crippen LogP contribution in [0.2, 0.25) is 0 Å². The predicted molar refractivity (Wildman–Crippen MR) is 66.6 cm³/mol. The van der Waals surface area contributed by atoms with E-state index in [0.717, 1.165) is 15.7 Å². The minimum Gasteiger partial charge on any atom is -0.368 e. The molecule has 1 heterocycles. The van der Waals surface area contributed by atoms with Gasteiger partial charge in [0.2, 0.25) is 0 Å². The Morgan fingerprint density at radius 2 is 2.35 bits per heavy atom. The van der Waals surface area contributed by atoms with Crippen LogP contribution in [0.15, 0.2) is 22.7 Å². The number of nitriles is 1. The van der Waals surface area contributed by atoms with Gasteiger partial charge in [-0.05, 0) is 24.6 Å². The highest BCUT2D eigenvalue weighted by atomic mass is 79.9. The second-order valence-corrected chi connectivity index (χ2v) is 4.71. The first-order valence-electron chi connectivity index (χ1n) is 5.19. The van der Waals surface area contributed by atoms with E-state index in [4.69, 9.17) is 10.00 Å². The lowest BCUT2D eigenvalue weighted by Crippen LogP contribution is -2.49. The number of amides is 1. The molecule has 0 aliphatic carbocycles. The zero-order valence-corrected chi connectivity index (χ0v) is 10.9. The van der Waals surface area contributed by atoms with Crippen LogP contribution in [-0.4, -0.2) is 25.2 Å². The van der Waals surface area contributed by atoms with Crippen LogP contribution in [0.1, 0.15) is 5.56 Å². The molecular formula is C12H11BrN2O2. The Bertz CT molecular complexity index is 496. The van der Waals surface area contributed by atoms with Gasteiger partial charge in [-0.2, -0.15) is 5.26 Å². The van der Waals surface area contributed by atoms with Crippen LogP contribution >= 0.6 is 15.9 Å². The SMILES string of the molecule is Cc1ccc(N2C(=O)COCC2C#N)cc1Br. The van der Waals surface area contributed by atoms with E-state index in [1.807, 2.05) is 25.1 Å². The molecule has 1 aliphatic heterocycles. The van der Waals surface area contributed by atoms with Gasteiger partial charge in [-0.15, -0.1) is 0 Å². The van der Waals surface area contributed by atoms with Gasteiger partial charge in [0.1, 0.15) is 12.6 Å². The molecule has 0 aromatic heterocycles. The Hall–Kier alpha value is -1.38. The molecule has 1 aliphatic rings. The third-order valence-corrected chi connectivity index (χ3v) is 3.52. The van der Waals surface area contributed by atoms with Gasteiger partial charge in [-0.1, -0.05) is 22.0 Å². The fourth-order valence-electron chi connectivity index (χ4n) is 1.73. The molecule has 5 heteroatoms. The van der Waals surface area contributed by atoms with Gasteiger partial charge in [-0.25, -0.2) is 0 Å². The Morgan fingerprint density at radius 3 is 3.00 bits per heavy atom. The van der Waals surface area contributed by atoms with E-state index in [2.05, 4.69) is 22.0 Å². The van der Waals surface area contributed by atoms with Crippen LogP contribution in [0.25, 0.3) is 0 Å². The van der Waals surface area contributed by atoms with Gasteiger partial charge >= 0.3 is 0 Å². The number of aryl methyl sites for hydroxylation is 1. The van der Waals surface area contributed by atoms with Crippen LogP contribution in [0.3, 0.4) is 0 Å². The minimum absolute atomic E-state index is 0.0314. The summed E-state index contributed by atoms with van der Waals surface area (Å²) in [4.78, 5) is 13.3. The Balaban J connectivity index is 2.39. The van der Waals surface area contributed by atoms with Crippen molar-refractivity contribution in [2.24, 2.45) is 0 Å². The van der Waals surface area contributed by atoms with E-state index in [0.29, 0.717) is 0 Å². The lowest BCUT2D eigenvalue weighted by molar-refractivity contribution is -0.126. The van der Waals surface area contributed by atoms with E-state index >= 15 is 0 Å². The number of rotatable bonds is 1. The normalized spacial score (nSPS) is 20.2. The van der Waals surface area contributed by atoms with E-state index < -0.39 is 6.04 Å². The molecule has 1 saturated heterocycles. The third-order valence-electron chi connectivity index (χ3n) is 2.66. The van der Waals surface area contributed by atoms with Crippen LogP contribution in [0.5, 0.6) is 0 Å². The van der Waals surface area contributed by atoms with Gasteiger partial charge in [-0.3, -0.25) is 9.69 Å². The fourth-order valence-corrected chi connectivity index (χ4v) is 2.09. The first-order chi connectivity index (χ1) is 8.13. The van der Waals surface area contributed by atoms with Crippen molar-refractivity contribution in [3.8, 4) is 6.07 Å². The van der Waals surface area contributed by atoms with Crippen molar-refractivity contribution in [2.75, 3.05) is 18.1 Å². The van der Waals surface area contributed by atoms with E-state index in [-0.39, 0.29) is 19.1 Å². The first kappa shape index (κ1) is 12.1. The maximum Gasteiger partial charge on any atom is 0.254 e. The summed E-state index contributed by atoms with van der Waals surface area (Å²) in [5, 5.41) is 9.03. The maximum atomic E-state index is 11.8. The largest absolute Gasteiger partial charge is 0.368 e. The number of nitrogens with zero attached hydrogens (tertiary/aromatic N) is 2. The number of carbonyl (C=O) groups excluding carboxylic acids is 1. The summed E-state index contributed by atoms with van der Waals surface area (Å²) in [7, 11) is 0. The lowest BCUT2D eigenvalue weighted by atomic mass is 10.1. The second kappa shape index (κ2) is 4.86. The summed E-state index contributed by atoms with van der Waals surface area (Å²) in [5.41, 5.74) is 1.81. The van der Waals surface area contributed by atoms with Gasteiger partial charge in [0.15, 0.2) is 0 Å². The molecule has 2 rings (SSSR count). The molecule has 0 N–H and O–H groups in total. The number of halogens is 1. The molecule has 1 fully saturated rings. The predicted octanol–water partition coefficient (Wildman–Crippen LogP) is 2.01. The zero-order valence-electron chi connectivity index (χ0n) is 9.31. The summed E-state index contributed by atoms with van der Waals surface area (Å²) >= 11 is 3.42. The molecule has 1 aromatic rings. The third kappa shape index (κ3) is 2.33. The van der Waals surface area contributed by atoms with Gasteiger partial charge in [0, 0.05) is 10.2 Å². The van der Waals surface area contributed by atoms with Crippen molar-refractivity contribution >= 4 is 27.5 Å². The smallest absolute Gasteiger partial charge is 0.254 e. The molecule has 17 heavy (non-hydrogen) atoms. The molecule has 88 valence electrons. The highest BCUT2D eigenvalue weighted by Crippen LogP contribution is 2.26. The topological polar surface area (TPSA) is 53.3 Å². The number of benzene rings is 1. The van der Waals surface area contributed by atoms with Crippen molar-refractivity contribution < 1.29 is 9.53 Å². The number of ether oxygens (including phenoxy) is 1. The summed E-state index contributed by atoms with van der Waals surface area (Å²) in [6, 6.07) is 7.14. The van der Waals surface area contributed by atoms with Gasteiger partial charge < -0.3 is 4.74 Å². The van der Waals surface area contributed by atoms with Crippen LogP contribution in [-0.2, 0) is 9.53 Å². The molecule has 1 atom stereocenters. The number of hydrogen-bond acceptors (Lipinski definition) is 3. The molecule has 0 saturated carbocycles. The fraction of sp³-hybridized carbons (Fsp3) is 0.333. The Labute approximate surface area is 108 Å². The average Bonchev–Trinajstić information content (AvgIpc) is 2.32. The van der Waals surface area contributed by atoms with Crippen LogP contribution in [0, 0.1) is 18.3 Å². The minimum atomic E-state index is -0.550. The molecule has 0 bridgehead atoms. The quantitative estimate of drug-likeness (QED) is 0.796. The van der Waals surface area contributed by atoms with Crippen molar-refractivity contribution in [3.63, 3.8) is 0 Å². The number of anilines is 1. The first-order valence-corrected chi connectivity index (χ1v) is 5.98. The lowest BCUT2D eigenvalue weighted by Gasteiger charge is -2.31. The van der Waals surface area contributed by atoms with Crippen molar-refractivity contribution in [2.45, 2.75) is 13.0 Å². The van der Waals surface area contributed by atoms with E-state index in [1.54, 1.807) is 0 Å². The van der Waals surface area contributed by atoms with Crippen LogP contribution in [0.4, 0.5) is 5.69 Å². The Morgan fingerprint density at radius 1 is 1.59 bits per heavy atom. The number of hydrogen-bond donors (Lipinski definition) is 0. The summed E-state index contributed by atoms with van der Waals surface area (Å²) in [6.07, 6.45) is 0. The standard InChI is InChI=1S/C12H11BrN2O2/c1-8-2-3-9(4-11(8)13)15-10(5-14)6-17-7-12(15)16/h2-4,10H,6-7H2,1H3. The molecule has 1 unspecified atom stereocenters. The monoisotopic (exact) mass is 294 g/mol. The second-order valence-electron chi connectivity index (χ2n) is 3.86. The highest BCUT2D eigenvalue weighted by molar-refractivity contribution is 9.10. The molecule has 4 nitrogen and oxygen atoms in total. The number of morpholine rings is 1.